The maximum Gasteiger partial charge on any atom is 0.417 e. The molecule has 9 heteroatoms. The molecular weight excluding hydrogens is 433 g/mol. The van der Waals surface area contributed by atoms with E-state index in [1.807, 2.05) is 21.9 Å². The highest BCUT2D eigenvalue weighted by molar-refractivity contribution is 5.79. The summed E-state index contributed by atoms with van der Waals surface area (Å²) in [5, 5.41) is 9.07. The summed E-state index contributed by atoms with van der Waals surface area (Å²) in [4.78, 5) is 20.7. The van der Waals surface area contributed by atoms with E-state index in [0.717, 1.165) is 11.6 Å². The van der Waals surface area contributed by atoms with Crippen molar-refractivity contribution in [2.75, 3.05) is 44.8 Å². The van der Waals surface area contributed by atoms with Crippen molar-refractivity contribution >= 4 is 11.6 Å². The number of likely N-dealkylation sites (tertiary alicyclic amines) is 1. The van der Waals surface area contributed by atoms with E-state index in [2.05, 4.69) is 4.98 Å². The quantitative estimate of drug-likeness (QED) is 0.686. The molecule has 0 unspecified atom stereocenters. The fourth-order valence-electron chi connectivity index (χ4n) is 5.08. The first-order valence-electron chi connectivity index (χ1n) is 10.8. The molecule has 0 saturated carbocycles. The first-order valence-corrected chi connectivity index (χ1v) is 10.8. The van der Waals surface area contributed by atoms with Gasteiger partial charge in [0.05, 0.1) is 30.2 Å². The van der Waals surface area contributed by atoms with E-state index in [9.17, 15) is 18.0 Å². The number of hydrogen-bond donors (Lipinski definition) is 0. The van der Waals surface area contributed by atoms with Crippen LogP contribution in [-0.4, -0.2) is 55.7 Å². The molecule has 2 atom stereocenters. The Morgan fingerprint density at radius 3 is 2.70 bits per heavy atom. The lowest BCUT2D eigenvalue weighted by molar-refractivity contribution is -0.137. The molecule has 6 nitrogen and oxygen atoms in total. The van der Waals surface area contributed by atoms with Crippen LogP contribution >= 0.6 is 0 Å². The standard InChI is InChI=1S/C24H25F3N4O2/c1-33-16-23-6-9-30(20-3-2-18(12-28)21(11-20)24(25,26)27)13-19(23)14-31(15-23)22(32)10-17-4-7-29-8-5-17/h2-5,7-8,11,19H,6,9-10,13-16H2,1H3/t19-,23+/m1/s1. The summed E-state index contributed by atoms with van der Waals surface area (Å²) >= 11 is 0. The normalized spacial score (nSPS) is 22.7. The van der Waals surface area contributed by atoms with Gasteiger partial charge in [-0.25, -0.2) is 0 Å². The minimum Gasteiger partial charge on any atom is -0.384 e. The number of nitrogens with zero attached hydrogens (tertiary/aromatic N) is 4. The molecule has 0 aliphatic carbocycles. The van der Waals surface area contributed by atoms with Crippen LogP contribution in [0.5, 0.6) is 0 Å². The number of rotatable bonds is 5. The van der Waals surface area contributed by atoms with Crippen LogP contribution in [0.1, 0.15) is 23.1 Å². The number of amides is 1. The predicted octanol–water partition coefficient (Wildman–Crippen LogP) is 3.52. The van der Waals surface area contributed by atoms with Crippen LogP contribution < -0.4 is 4.90 Å². The lowest BCUT2D eigenvalue weighted by atomic mass is 9.73. The molecule has 2 aliphatic rings. The molecule has 4 rings (SSSR count). The van der Waals surface area contributed by atoms with E-state index in [1.54, 1.807) is 31.6 Å². The van der Waals surface area contributed by atoms with Crippen molar-refractivity contribution < 1.29 is 22.7 Å². The third kappa shape index (κ3) is 4.67. The van der Waals surface area contributed by atoms with Crippen molar-refractivity contribution in [1.29, 1.82) is 5.26 Å². The summed E-state index contributed by atoms with van der Waals surface area (Å²) in [5.74, 6) is 0.0907. The molecule has 0 bridgehead atoms. The third-order valence-electron chi connectivity index (χ3n) is 6.82. The van der Waals surface area contributed by atoms with E-state index >= 15 is 0 Å². The van der Waals surface area contributed by atoms with Crippen molar-refractivity contribution in [1.82, 2.24) is 9.88 Å². The van der Waals surface area contributed by atoms with E-state index in [1.165, 1.54) is 6.07 Å². The maximum atomic E-state index is 13.4. The third-order valence-corrected chi connectivity index (χ3v) is 6.82. The Bertz CT molecular complexity index is 1050. The topological polar surface area (TPSA) is 69.5 Å². The number of halogens is 3. The zero-order valence-electron chi connectivity index (χ0n) is 18.3. The molecule has 3 heterocycles. The van der Waals surface area contributed by atoms with Gasteiger partial charge in [-0.05, 0) is 42.3 Å². The maximum absolute atomic E-state index is 13.4. The highest BCUT2D eigenvalue weighted by Crippen LogP contribution is 2.45. The largest absolute Gasteiger partial charge is 0.417 e. The molecule has 0 N–H and O–H groups in total. The Hall–Kier alpha value is -3.12. The lowest BCUT2D eigenvalue weighted by Gasteiger charge is -2.44. The Morgan fingerprint density at radius 2 is 2.03 bits per heavy atom. The van der Waals surface area contributed by atoms with Gasteiger partial charge >= 0.3 is 6.18 Å². The number of fused-ring (bicyclic) bond motifs is 1. The number of methoxy groups -OCH3 is 1. The molecule has 0 spiro atoms. The summed E-state index contributed by atoms with van der Waals surface area (Å²) in [5.41, 5.74) is -0.195. The van der Waals surface area contributed by atoms with Crippen molar-refractivity contribution in [2.24, 2.45) is 11.3 Å². The van der Waals surface area contributed by atoms with Crippen LogP contribution in [0.2, 0.25) is 0 Å². The highest BCUT2D eigenvalue weighted by Gasteiger charge is 2.50. The summed E-state index contributed by atoms with van der Waals surface area (Å²) < 4.78 is 45.8. The number of anilines is 1. The monoisotopic (exact) mass is 458 g/mol. The number of nitriles is 1. The van der Waals surface area contributed by atoms with Gasteiger partial charge in [0, 0.05) is 62.7 Å². The van der Waals surface area contributed by atoms with E-state index < -0.39 is 11.7 Å². The zero-order valence-corrected chi connectivity index (χ0v) is 18.3. The summed E-state index contributed by atoms with van der Waals surface area (Å²) in [7, 11) is 1.63. The molecule has 2 saturated heterocycles. The minimum atomic E-state index is -4.60. The van der Waals surface area contributed by atoms with Crippen molar-refractivity contribution in [2.45, 2.75) is 19.0 Å². The number of benzene rings is 1. The number of pyridine rings is 1. The Balaban J connectivity index is 1.53. The first kappa shape index (κ1) is 23.1. The van der Waals surface area contributed by atoms with Gasteiger partial charge in [-0.15, -0.1) is 0 Å². The zero-order chi connectivity index (χ0) is 23.6. The number of ether oxygens (including phenoxy) is 1. The Morgan fingerprint density at radius 1 is 1.27 bits per heavy atom. The van der Waals surface area contributed by atoms with Crippen LogP contribution in [-0.2, 0) is 22.1 Å². The van der Waals surface area contributed by atoms with Gasteiger partial charge in [0.15, 0.2) is 0 Å². The molecule has 2 fully saturated rings. The smallest absolute Gasteiger partial charge is 0.384 e. The van der Waals surface area contributed by atoms with Gasteiger partial charge < -0.3 is 14.5 Å². The number of piperidine rings is 1. The molecule has 2 aliphatic heterocycles. The SMILES string of the molecule is COC[C@@]12CCN(c3ccc(C#N)c(C(F)(F)F)c3)C[C@@H]1CN(C(=O)Cc1ccncc1)C2. The van der Waals surface area contributed by atoms with E-state index in [4.69, 9.17) is 10.00 Å². The van der Waals surface area contributed by atoms with Crippen LogP contribution in [0.3, 0.4) is 0 Å². The Kier molecular flexibility index (Phi) is 6.30. The number of alkyl halides is 3. The second kappa shape index (κ2) is 9.02. The van der Waals surface area contributed by atoms with E-state index in [-0.39, 0.29) is 29.2 Å². The highest BCUT2D eigenvalue weighted by atomic mass is 19.4. The van der Waals surface area contributed by atoms with Gasteiger partial charge in [-0.1, -0.05) is 0 Å². The summed E-state index contributed by atoms with van der Waals surface area (Å²) in [6.45, 7) is 2.67. The van der Waals surface area contributed by atoms with Gasteiger partial charge in [-0.2, -0.15) is 18.4 Å². The van der Waals surface area contributed by atoms with Gasteiger partial charge in [0.25, 0.3) is 0 Å². The molecule has 1 amide bonds. The fraction of sp³-hybridized carbons (Fsp3) is 0.458. The number of carbonyl (C=O) groups excluding carboxylic acids is 1. The molecule has 2 aromatic rings. The summed E-state index contributed by atoms with van der Waals surface area (Å²) in [6, 6.07) is 9.12. The molecule has 1 aromatic heterocycles. The van der Waals surface area contributed by atoms with Crippen molar-refractivity contribution in [3.8, 4) is 6.07 Å². The summed E-state index contributed by atoms with van der Waals surface area (Å²) in [6.07, 6.45) is -0.300. The molecular formula is C24H25F3N4O2. The first-order chi connectivity index (χ1) is 15.8. The van der Waals surface area contributed by atoms with Crippen molar-refractivity contribution in [3.05, 3.63) is 59.4 Å². The van der Waals surface area contributed by atoms with Crippen LogP contribution in [0.25, 0.3) is 0 Å². The van der Waals surface area contributed by atoms with Gasteiger partial charge in [-0.3, -0.25) is 9.78 Å². The van der Waals surface area contributed by atoms with Gasteiger partial charge in [0.1, 0.15) is 0 Å². The number of aromatic nitrogens is 1. The Labute approximate surface area is 190 Å². The average Bonchev–Trinajstić information content (AvgIpc) is 3.18. The molecule has 1 aromatic carbocycles. The predicted molar refractivity (Wildman–Crippen MR) is 115 cm³/mol. The average molecular weight is 458 g/mol. The van der Waals surface area contributed by atoms with Gasteiger partial charge in [0.2, 0.25) is 5.91 Å². The second-order valence-electron chi connectivity index (χ2n) is 8.83. The van der Waals surface area contributed by atoms with Crippen LogP contribution in [0, 0.1) is 22.7 Å². The fourth-order valence-corrected chi connectivity index (χ4v) is 5.08. The lowest BCUT2D eigenvalue weighted by Crippen LogP contribution is -2.49. The van der Waals surface area contributed by atoms with Crippen molar-refractivity contribution in [3.63, 3.8) is 0 Å². The van der Waals surface area contributed by atoms with Crippen LogP contribution in [0.15, 0.2) is 42.7 Å². The van der Waals surface area contributed by atoms with E-state index in [0.29, 0.717) is 44.9 Å². The minimum absolute atomic E-state index is 0.0235. The number of hydrogen-bond acceptors (Lipinski definition) is 5. The van der Waals surface area contributed by atoms with Crippen LogP contribution in [0.4, 0.5) is 18.9 Å². The number of carbonyl (C=O) groups is 1. The molecule has 0 radical (unpaired) electrons. The second-order valence-corrected chi connectivity index (χ2v) is 8.83. The molecule has 33 heavy (non-hydrogen) atoms. The molecule has 174 valence electrons.